The summed E-state index contributed by atoms with van der Waals surface area (Å²) >= 11 is 0. The second kappa shape index (κ2) is 10.4. The van der Waals surface area contributed by atoms with E-state index in [1.807, 2.05) is 20.8 Å². The average Bonchev–Trinajstić information content (AvgIpc) is 3.13. The molecule has 3 rings (SSSR count). The van der Waals surface area contributed by atoms with Gasteiger partial charge in [0.1, 0.15) is 17.2 Å². The number of ether oxygens (including phenoxy) is 2. The third kappa shape index (κ3) is 7.55. The highest BCUT2D eigenvalue weighted by atomic mass is 19.1. The van der Waals surface area contributed by atoms with Gasteiger partial charge in [0.2, 0.25) is 0 Å². The summed E-state index contributed by atoms with van der Waals surface area (Å²) in [6, 6.07) is 4.23. The van der Waals surface area contributed by atoms with Crippen molar-refractivity contribution in [3.05, 3.63) is 54.4 Å². The van der Waals surface area contributed by atoms with E-state index in [-0.39, 0.29) is 0 Å². The maximum atomic E-state index is 13.9. The fraction of sp³-hybridized carbons (Fsp3) is 0.417. The predicted molar refractivity (Wildman–Crippen MR) is 123 cm³/mol. The number of hydrogen-bond donors (Lipinski definition) is 1. The topological polar surface area (TPSA) is 91.2 Å². The largest absolute Gasteiger partial charge is 0.453 e. The smallest absolute Gasteiger partial charge is 0.407 e. The molecule has 0 radical (unpaired) electrons. The van der Waals surface area contributed by atoms with E-state index in [0.29, 0.717) is 41.8 Å². The number of hydrogen-bond acceptors (Lipinski definition) is 6. The minimum Gasteiger partial charge on any atom is -0.453 e. The van der Waals surface area contributed by atoms with Crippen molar-refractivity contribution in [2.24, 2.45) is 5.92 Å². The van der Waals surface area contributed by atoms with Crippen molar-refractivity contribution in [3.8, 4) is 22.9 Å². The van der Waals surface area contributed by atoms with Gasteiger partial charge in [-0.1, -0.05) is 13.8 Å². The molecule has 1 aromatic carbocycles. The Bertz CT molecular complexity index is 1070. The Balaban J connectivity index is 1.67. The minimum absolute atomic E-state index is 0.304. The Labute approximate surface area is 193 Å². The van der Waals surface area contributed by atoms with Crippen molar-refractivity contribution in [1.29, 1.82) is 0 Å². The molecule has 0 aliphatic carbocycles. The number of rotatable bonds is 8. The number of carbonyl (C=O) groups is 1. The maximum Gasteiger partial charge on any atom is 0.407 e. The second-order valence-electron chi connectivity index (χ2n) is 9.13. The summed E-state index contributed by atoms with van der Waals surface area (Å²) in [5.74, 6) is 1.23. The van der Waals surface area contributed by atoms with Crippen LogP contribution in [0, 0.1) is 11.7 Å². The van der Waals surface area contributed by atoms with Gasteiger partial charge < -0.3 is 14.8 Å². The van der Waals surface area contributed by atoms with Gasteiger partial charge in [-0.15, -0.1) is 0 Å². The van der Waals surface area contributed by atoms with E-state index in [2.05, 4.69) is 34.2 Å². The van der Waals surface area contributed by atoms with Crippen LogP contribution >= 0.6 is 0 Å². The molecule has 0 unspecified atom stereocenters. The molecular formula is C24H30FN5O3. The van der Waals surface area contributed by atoms with Crippen LogP contribution in [0.25, 0.3) is 11.4 Å². The molecule has 3 aromatic rings. The molecule has 0 atom stereocenters. The van der Waals surface area contributed by atoms with Crippen LogP contribution in [0.1, 0.15) is 40.2 Å². The normalized spacial score (nSPS) is 11.5. The monoisotopic (exact) mass is 455 g/mol. The van der Waals surface area contributed by atoms with E-state index >= 15 is 0 Å². The van der Waals surface area contributed by atoms with E-state index in [0.717, 1.165) is 12.1 Å². The lowest BCUT2D eigenvalue weighted by molar-refractivity contribution is 0.0528. The molecule has 1 amide bonds. The summed E-state index contributed by atoms with van der Waals surface area (Å²) < 4.78 is 26.8. The van der Waals surface area contributed by atoms with Gasteiger partial charge in [0.25, 0.3) is 0 Å². The fourth-order valence-electron chi connectivity index (χ4n) is 3.01. The van der Waals surface area contributed by atoms with Gasteiger partial charge in [0.15, 0.2) is 11.6 Å². The number of carbonyl (C=O) groups excluding carboxylic acids is 1. The van der Waals surface area contributed by atoms with E-state index in [4.69, 9.17) is 9.47 Å². The number of nitrogens with zero attached hydrogens (tertiary/aromatic N) is 4. The predicted octanol–water partition coefficient (Wildman–Crippen LogP) is 4.99. The Morgan fingerprint density at radius 2 is 1.91 bits per heavy atom. The summed E-state index contributed by atoms with van der Waals surface area (Å²) in [5.41, 5.74) is 0.859. The van der Waals surface area contributed by atoms with E-state index in [1.165, 1.54) is 12.1 Å². The van der Waals surface area contributed by atoms with Gasteiger partial charge in [0.05, 0.1) is 18.0 Å². The minimum atomic E-state index is -0.545. The molecule has 0 spiro atoms. The summed E-state index contributed by atoms with van der Waals surface area (Å²) in [6.07, 6.45) is 6.79. The zero-order chi connectivity index (χ0) is 24.0. The van der Waals surface area contributed by atoms with E-state index in [1.54, 1.807) is 35.5 Å². The van der Waals surface area contributed by atoms with Crippen LogP contribution in [0.3, 0.4) is 0 Å². The first-order valence-corrected chi connectivity index (χ1v) is 10.9. The Hall–Kier alpha value is -3.49. The zero-order valence-electron chi connectivity index (χ0n) is 19.6. The standard InChI is InChI=1S/C24H30FN5O3/c1-16(2)14-30-15-19(13-29-30)32-21-10-18(25)6-7-20(21)22-27-11-17(12-28-22)8-9-26-23(31)33-24(3,4)5/h6-7,10-13,15-16H,8-9,14H2,1-5H3,(H,26,31). The number of alkyl carbamates (subject to hydrolysis) is 1. The summed E-state index contributed by atoms with van der Waals surface area (Å²) in [4.78, 5) is 20.6. The molecule has 176 valence electrons. The van der Waals surface area contributed by atoms with Crippen LogP contribution < -0.4 is 10.1 Å². The highest BCUT2D eigenvalue weighted by molar-refractivity contribution is 5.67. The molecule has 8 nitrogen and oxygen atoms in total. The molecule has 0 bridgehead atoms. The van der Waals surface area contributed by atoms with E-state index in [9.17, 15) is 9.18 Å². The lowest BCUT2D eigenvalue weighted by Crippen LogP contribution is -2.33. The number of nitrogens with one attached hydrogen (secondary N) is 1. The van der Waals surface area contributed by atoms with Crippen LogP contribution in [0.2, 0.25) is 0 Å². The van der Waals surface area contributed by atoms with Crippen molar-refractivity contribution in [2.75, 3.05) is 6.54 Å². The van der Waals surface area contributed by atoms with Crippen molar-refractivity contribution < 1.29 is 18.7 Å². The molecule has 1 N–H and O–H groups in total. The maximum absolute atomic E-state index is 13.9. The molecule has 0 fully saturated rings. The summed E-state index contributed by atoms with van der Waals surface area (Å²) in [6.45, 7) is 10.8. The number of halogens is 1. The van der Waals surface area contributed by atoms with Gasteiger partial charge in [-0.3, -0.25) is 4.68 Å². The Kier molecular flexibility index (Phi) is 7.63. The van der Waals surface area contributed by atoms with Crippen molar-refractivity contribution in [3.63, 3.8) is 0 Å². The van der Waals surface area contributed by atoms with Crippen LogP contribution in [-0.4, -0.2) is 38.0 Å². The molecule has 0 saturated heterocycles. The third-order valence-electron chi connectivity index (χ3n) is 4.36. The third-order valence-corrected chi connectivity index (χ3v) is 4.36. The quantitative estimate of drug-likeness (QED) is 0.514. The second-order valence-corrected chi connectivity index (χ2v) is 9.13. The molecular weight excluding hydrogens is 425 g/mol. The molecule has 33 heavy (non-hydrogen) atoms. The highest BCUT2D eigenvalue weighted by Crippen LogP contribution is 2.32. The lowest BCUT2D eigenvalue weighted by atomic mass is 10.1. The average molecular weight is 456 g/mol. The van der Waals surface area contributed by atoms with Crippen molar-refractivity contribution >= 4 is 6.09 Å². The van der Waals surface area contributed by atoms with Crippen LogP contribution in [-0.2, 0) is 17.7 Å². The van der Waals surface area contributed by atoms with Gasteiger partial charge >= 0.3 is 6.09 Å². The van der Waals surface area contributed by atoms with Crippen molar-refractivity contribution in [2.45, 2.75) is 53.2 Å². The van der Waals surface area contributed by atoms with Crippen LogP contribution in [0.4, 0.5) is 9.18 Å². The van der Waals surface area contributed by atoms with Crippen LogP contribution in [0.5, 0.6) is 11.5 Å². The zero-order valence-corrected chi connectivity index (χ0v) is 19.6. The van der Waals surface area contributed by atoms with Gasteiger partial charge in [-0.05, 0) is 50.8 Å². The Morgan fingerprint density at radius 3 is 2.58 bits per heavy atom. The first kappa shape index (κ1) is 24.2. The van der Waals surface area contributed by atoms with Gasteiger partial charge in [0, 0.05) is 31.5 Å². The molecule has 2 heterocycles. The SMILES string of the molecule is CC(C)Cn1cc(Oc2cc(F)ccc2-c2ncc(CCNC(=O)OC(C)(C)C)cn2)cn1. The van der Waals surface area contributed by atoms with E-state index < -0.39 is 17.5 Å². The van der Waals surface area contributed by atoms with Gasteiger partial charge in [-0.2, -0.15) is 5.10 Å². The fourth-order valence-corrected chi connectivity index (χ4v) is 3.01. The number of aromatic nitrogens is 4. The molecule has 9 heteroatoms. The summed E-state index contributed by atoms with van der Waals surface area (Å²) in [7, 11) is 0. The molecule has 0 saturated carbocycles. The number of benzene rings is 1. The molecule has 0 aliphatic rings. The first-order valence-electron chi connectivity index (χ1n) is 10.9. The molecule has 2 aromatic heterocycles. The van der Waals surface area contributed by atoms with Gasteiger partial charge in [-0.25, -0.2) is 19.2 Å². The Morgan fingerprint density at radius 1 is 1.18 bits per heavy atom. The lowest BCUT2D eigenvalue weighted by Gasteiger charge is -2.19. The summed E-state index contributed by atoms with van der Waals surface area (Å²) in [5, 5.41) is 6.98. The van der Waals surface area contributed by atoms with Crippen LogP contribution in [0.15, 0.2) is 43.0 Å². The first-order chi connectivity index (χ1) is 15.6. The highest BCUT2D eigenvalue weighted by Gasteiger charge is 2.16. The van der Waals surface area contributed by atoms with Crippen molar-refractivity contribution in [1.82, 2.24) is 25.1 Å². The molecule has 0 aliphatic heterocycles. The number of amides is 1.